The monoisotopic (exact) mass is 311 g/mol. The Balaban J connectivity index is 2.84. The zero-order valence-electron chi connectivity index (χ0n) is 11.8. The maximum Gasteiger partial charge on any atom is 0.323 e. The molecule has 0 saturated heterocycles. The first-order chi connectivity index (χ1) is 9.88. The first-order valence-corrected chi connectivity index (χ1v) is 7.89. The molecule has 1 aromatic rings. The van der Waals surface area contributed by atoms with Crippen LogP contribution in [0.5, 0.6) is 0 Å². The van der Waals surface area contributed by atoms with Gasteiger partial charge in [0.25, 0.3) is 0 Å². The summed E-state index contributed by atoms with van der Waals surface area (Å²) >= 11 is 0. The summed E-state index contributed by atoms with van der Waals surface area (Å²) in [4.78, 5) is 11.2. The molecule has 21 heavy (non-hydrogen) atoms. The molecule has 0 aromatic heterocycles. The van der Waals surface area contributed by atoms with Crippen LogP contribution in [0.4, 0.5) is 5.69 Å². The van der Waals surface area contributed by atoms with E-state index in [9.17, 15) is 13.2 Å². The van der Waals surface area contributed by atoms with Gasteiger partial charge >= 0.3 is 5.97 Å². The molecule has 0 bridgehead atoms. The Labute approximate surface area is 124 Å². The highest BCUT2D eigenvalue weighted by Crippen LogP contribution is 2.15. The van der Waals surface area contributed by atoms with Crippen LogP contribution in [0.3, 0.4) is 0 Å². The van der Waals surface area contributed by atoms with Crippen molar-refractivity contribution in [2.24, 2.45) is 0 Å². The fourth-order valence-electron chi connectivity index (χ4n) is 1.58. The molecule has 0 aliphatic rings. The molecule has 0 aliphatic heterocycles. The normalized spacial score (nSPS) is 10.4. The molecule has 0 amide bonds. The van der Waals surface area contributed by atoms with E-state index < -0.39 is 21.7 Å². The predicted molar refractivity (Wildman–Crippen MR) is 79.2 cm³/mol. The fourth-order valence-corrected chi connectivity index (χ4v) is 2.53. The largest absolute Gasteiger partial charge is 0.465 e. The number of carbonyl (C=O) groups excluding carboxylic acids is 1. The van der Waals surface area contributed by atoms with E-state index in [0.29, 0.717) is 11.3 Å². The highest BCUT2D eigenvalue weighted by atomic mass is 32.2. The molecule has 7 heteroatoms. The smallest absolute Gasteiger partial charge is 0.323 e. The van der Waals surface area contributed by atoms with Gasteiger partial charge in [-0.25, -0.2) is 8.42 Å². The van der Waals surface area contributed by atoms with Crippen molar-refractivity contribution >= 4 is 21.7 Å². The number of nitrogens with one attached hydrogen (secondary N) is 1. The Morgan fingerprint density at radius 2 is 2.14 bits per heavy atom. The number of ether oxygens (including phenoxy) is 1. The van der Waals surface area contributed by atoms with Crippen LogP contribution in [0.25, 0.3) is 0 Å². The SMILES string of the molecule is CCOC(=O)CS(=O)(=O)Nc1ccc(C#CCO)c(C)c1. The molecule has 6 nitrogen and oxygen atoms in total. The lowest BCUT2D eigenvalue weighted by Gasteiger charge is -2.09. The van der Waals surface area contributed by atoms with Gasteiger partial charge in [-0.15, -0.1) is 0 Å². The Morgan fingerprint density at radius 1 is 1.43 bits per heavy atom. The Morgan fingerprint density at radius 3 is 2.71 bits per heavy atom. The second kappa shape index (κ2) is 7.67. The number of aryl methyl sites for hydroxylation is 1. The van der Waals surface area contributed by atoms with Crippen molar-refractivity contribution in [3.05, 3.63) is 29.3 Å². The van der Waals surface area contributed by atoms with Gasteiger partial charge in [-0.2, -0.15) is 0 Å². The van der Waals surface area contributed by atoms with Gasteiger partial charge in [-0.3, -0.25) is 9.52 Å². The number of aliphatic hydroxyl groups is 1. The quantitative estimate of drug-likeness (QED) is 0.615. The minimum absolute atomic E-state index is 0.131. The van der Waals surface area contributed by atoms with Crippen molar-refractivity contribution in [2.75, 3.05) is 23.7 Å². The van der Waals surface area contributed by atoms with Gasteiger partial charge in [0.1, 0.15) is 6.61 Å². The lowest BCUT2D eigenvalue weighted by atomic mass is 10.1. The molecule has 0 unspecified atom stereocenters. The summed E-state index contributed by atoms with van der Waals surface area (Å²) in [7, 11) is -3.80. The van der Waals surface area contributed by atoms with Crippen molar-refractivity contribution in [1.29, 1.82) is 0 Å². The molecule has 0 aliphatic carbocycles. The summed E-state index contributed by atoms with van der Waals surface area (Å²) in [6.07, 6.45) is 0. The number of hydrogen-bond acceptors (Lipinski definition) is 5. The number of aliphatic hydroxyl groups excluding tert-OH is 1. The number of rotatable bonds is 5. The molecule has 1 rings (SSSR count). The molecule has 2 N–H and O–H groups in total. The predicted octanol–water partition coefficient (Wildman–Crippen LogP) is 0.644. The number of anilines is 1. The average Bonchev–Trinajstić information content (AvgIpc) is 2.36. The Kier molecular flexibility index (Phi) is 6.21. The molecule has 0 radical (unpaired) electrons. The van der Waals surface area contributed by atoms with Crippen LogP contribution in [-0.2, 0) is 19.6 Å². The molecular formula is C14H17NO5S. The van der Waals surface area contributed by atoms with Crippen LogP contribution in [0.1, 0.15) is 18.1 Å². The van der Waals surface area contributed by atoms with Crippen molar-refractivity contribution in [3.8, 4) is 11.8 Å². The van der Waals surface area contributed by atoms with Crippen LogP contribution in [0.15, 0.2) is 18.2 Å². The summed E-state index contributed by atoms with van der Waals surface area (Å²) in [6.45, 7) is 3.26. The highest BCUT2D eigenvalue weighted by molar-refractivity contribution is 7.93. The molecular weight excluding hydrogens is 294 g/mol. The van der Waals surface area contributed by atoms with E-state index in [-0.39, 0.29) is 13.2 Å². The van der Waals surface area contributed by atoms with Gasteiger partial charge in [0, 0.05) is 11.3 Å². The standard InChI is InChI=1S/C14H17NO5S/c1-3-20-14(17)10-21(18,19)15-13-7-6-12(5-4-8-16)11(2)9-13/h6-7,9,15-16H,3,8,10H2,1-2H3. The third kappa shape index (κ3) is 5.85. The molecule has 0 atom stereocenters. The third-order valence-corrected chi connectivity index (χ3v) is 3.58. The minimum Gasteiger partial charge on any atom is -0.465 e. The molecule has 114 valence electrons. The number of hydrogen-bond donors (Lipinski definition) is 2. The van der Waals surface area contributed by atoms with E-state index in [1.165, 1.54) is 6.07 Å². The minimum atomic E-state index is -3.80. The van der Waals surface area contributed by atoms with Crippen LogP contribution < -0.4 is 4.72 Å². The summed E-state index contributed by atoms with van der Waals surface area (Å²) < 4.78 is 30.5. The van der Waals surface area contributed by atoms with Crippen molar-refractivity contribution in [1.82, 2.24) is 0 Å². The van der Waals surface area contributed by atoms with Crippen LogP contribution in [0.2, 0.25) is 0 Å². The van der Waals surface area contributed by atoms with E-state index >= 15 is 0 Å². The zero-order valence-corrected chi connectivity index (χ0v) is 12.7. The molecule has 0 heterocycles. The highest BCUT2D eigenvalue weighted by Gasteiger charge is 2.17. The van der Waals surface area contributed by atoms with Crippen LogP contribution >= 0.6 is 0 Å². The fraction of sp³-hybridized carbons (Fsp3) is 0.357. The van der Waals surface area contributed by atoms with Gasteiger partial charge in [0.15, 0.2) is 5.75 Å². The Bertz CT molecular complexity index is 670. The second-order valence-electron chi connectivity index (χ2n) is 4.16. The summed E-state index contributed by atoms with van der Waals surface area (Å²) in [5.74, 6) is 3.74. The summed E-state index contributed by atoms with van der Waals surface area (Å²) in [6, 6.07) is 4.78. The van der Waals surface area contributed by atoms with E-state index in [0.717, 1.165) is 5.56 Å². The van der Waals surface area contributed by atoms with Gasteiger partial charge in [-0.05, 0) is 37.6 Å². The summed E-state index contributed by atoms with van der Waals surface area (Å²) in [5, 5.41) is 8.64. The molecule has 0 fully saturated rings. The number of carbonyl (C=O) groups is 1. The average molecular weight is 311 g/mol. The van der Waals surface area contributed by atoms with Gasteiger partial charge in [0.05, 0.1) is 6.61 Å². The number of benzene rings is 1. The third-order valence-electron chi connectivity index (χ3n) is 2.42. The lowest BCUT2D eigenvalue weighted by molar-refractivity contribution is -0.139. The first kappa shape index (κ1) is 17.0. The van der Waals surface area contributed by atoms with Crippen molar-refractivity contribution in [2.45, 2.75) is 13.8 Å². The first-order valence-electron chi connectivity index (χ1n) is 6.24. The van der Waals surface area contributed by atoms with E-state index in [2.05, 4.69) is 21.3 Å². The van der Waals surface area contributed by atoms with E-state index in [1.807, 2.05) is 0 Å². The zero-order chi connectivity index (χ0) is 15.9. The van der Waals surface area contributed by atoms with Crippen LogP contribution in [-0.4, -0.2) is 38.5 Å². The molecule has 1 aromatic carbocycles. The summed E-state index contributed by atoms with van der Waals surface area (Å²) in [5.41, 5.74) is 1.79. The van der Waals surface area contributed by atoms with Crippen molar-refractivity contribution < 1.29 is 23.1 Å². The molecule has 0 saturated carbocycles. The van der Waals surface area contributed by atoms with Crippen LogP contribution in [0, 0.1) is 18.8 Å². The Hall–Kier alpha value is -2.04. The van der Waals surface area contributed by atoms with Gasteiger partial charge in [-0.1, -0.05) is 11.8 Å². The van der Waals surface area contributed by atoms with E-state index in [4.69, 9.17) is 5.11 Å². The van der Waals surface area contributed by atoms with Gasteiger partial charge < -0.3 is 9.84 Å². The molecule has 0 spiro atoms. The maximum absolute atomic E-state index is 11.8. The topological polar surface area (TPSA) is 92.7 Å². The maximum atomic E-state index is 11.8. The number of sulfonamides is 1. The van der Waals surface area contributed by atoms with Crippen molar-refractivity contribution in [3.63, 3.8) is 0 Å². The lowest BCUT2D eigenvalue weighted by Crippen LogP contribution is -2.24. The van der Waals surface area contributed by atoms with Gasteiger partial charge in [0.2, 0.25) is 10.0 Å². The van der Waals surface area contributed by atoms with E-state index in [1.54, 1.807) is 26.0 Å². The number of esters is 1. The second-order valence-corrected chi connectivity index (χ2v) is 5.88.